The fraction of sp³-hybridized carbons (Fsp3) is 0.733. The Hall–Kier alpha value is -0.560. The summed E-state index contributed by atoms with van der Waals surface area (Å²) in [6.07, 6.45) is 13.1. The van der Waals surface area contributed by atoms with E-state index in [0.717, 1.165) is 0 Å². The predicted molar refractivity (Wildman–Crippen MR) is 66.1 cm³/mol. The van der Waals surface area contributed by atoms with Crippen LogP contribution in [-0.2, 0) is 0 Å². The van der Waals surface area contributed by atoms with Crippen LogP contribution in [0.4, 0.5) is 0 Å². The van der Waals surface area contributed by atoms with Gasteiger partial charge in [-0.2, -0.15) is 0 Å². The maximum absolute atomic E-state index is 9.55. The van der Waals surface area contributed by atoms with Crippen molar-refractivity contribution in [1.82, 2.24) is 0 Å². The van der Waals surface area contributed by atoms with Crippen molar-refractivity contribution in [2.45, 2.75) is 51.4 Å². The zero-order valence-electron chi connectivity index (χ0n) is 10.0. The van der Waals surface area contributed by atoms with Gasteiger partial charge in [0.15, 0.2) is 0 Å². The minimum Gasteiger partial charge on any atom is -0.396 e. The largest absolute Gasteiger partial charge is 0.396 e. The van der Waals surface area contributed by atoms with Gasteiger partial charge in [-0.25, -0.2) is 0 Å². The Balaban J connectivity index is 1.98. The molecule has 1 N–H and O–H groups in total. The molecule has 3 aliphatic rings. The third-order valence-corrected chi connectivity index (χ3v) is 4.70. The maximum atomic E-state index is 9.55. The second-order valence-corrected chi connectivity index (χ2v) is 5.60. The van der Waals surface area contributed by atoms with E-state index < -0.39 is 0 Å². The van der Waals surface area contributed by atoms with Crippen LogP contribution in [0, 0.1) is 11.8 Å². The van der Waals surface area contributed by atoms with Crippen LogP contribution in [0.25, 0.3) is 0 Å². The van der Waals surface area contributed by atoms with Gasteiger partial charge in [-0.15, -0.1) is 0 Å². The quantitative estimate of drug-likeness (QED) is 0.713. The van der Waals surface area contributed by atoms with E-state index in [1.165, 1.54) is 51.4 Å². The Morgan fingerprint density at radius 3 is 2.75 bits per heavy atom. The molecule has 3 aliphatic carbocycles. The van der Waals surface area contributed by atoms with Gasteiger partial charge in [0.2, 0.25) is 0 Å². The zero-order chi connectivity index (χ0) is 11.0. The molecule has 0 aromatic rings. The first-order valence-electron chi connectivity index (χ1n) is 6.94. The van der Waals surface area contributed by atoms with E-state index in [2.05, 4.69) is 6.08 Å². The highest BCUT2D eigenvalue weighted by Gasteiger charge is 2.33. The van der Waals surface area contributed by atoms with Gasteiger partial charge >= 0.3 is 0 Å². The third-order valence-electron chi connectivity index (χ3n) is 4.70. The van der Waals surface area contributed by atoms with Crippen molar-refractivity contribution in [2.75, 3.05) is 6.61 Å². The molecule has 16 heavy (non-hydrogen) atoms. The van der Waals surface area contributed by atoms with Crippen molar-refractivity contribution < 1.29 is 5.11 Å². The van der Waals surface area contributed by atoms with Crippen LogP contribution in [0.15, 0.2) is 22.8 Å². The highest BCUT2D eigenvalue weighted by molar-refractivity contribution is 5.43. The first-order chi connectivity index (χ1) is 7.90. The summed E-state index contributed by atoms with van der Waals surface area (Å²) in [4.78, 5) is 0. The molecule has 0 heterocycles. The van der Waals surface area contributed by atoms with Gasteiger partial charge in [0.05, 0.1) is 0 Å². The van der Waals surface area contributed by atoms with E-state index in [0.29, 0.717) is 18.4 Å². The average molecular weight is 218 g/mol. The number of hydrogen-bond donors (Lipinski definition) is 1. The summed E-state index contributed by atoms with van der Waals surface area (Å²) in [5.74, 6) is 1.13. The molecule has 0 aromatic carbocycles. The van der Waals surface area contributed by atoms with Crippen molar-refractivity contribution in [3.8, 4) is 0 Å². The van der Waals surface area contributed by atoms with Crippen LogP contribution in [0.2, 0.25) is 0 Å². The van der Waals surface area contributed by atoms with Crippen LogP contribution < -0.4 is 0 Å². The molecule has 0 aliphatic heterocycles. The molecule has 1 heteroatoms. The van der Waals surface area contributed by atoms with Crippen molar-refractivity contribution in [1.29, 1.82) is 0 Å². The molecule has 0 saturated heterocycles. The van der Waals surface area contributed by atoms with E-state index in [4.69, 9.17) is 0 Å². The molecular weight excluding hydrogens is 196 g/mol. The highest BCUT2D eigenvalue weighted by atomic mass is 16.3. The van der Waals surface area contributed by atoms with E-state index in [1.807, 2.05) is 0 Å². The van der Waals surface area contributed by atoms with Gasteiger partial charge in [0, 0.05) is 12.5 Å². The monoisotopic (exact) mass is 218 g/mol. The molecule has 88 valence electrons. The van der Waals surface area contributed by atoms with Crippen LogP contribution in [0.5, 0.6) is 0 Å². The fourth-order valence-corrected chi connectivity index (χ4v) is 3.92. The Labute approximate surface area is 98.2 Å². The molecule has 2 saturated carbocycles. The lowest BCUT2D eigenvalue weighted by atomic mass is 9.67. The molecular formula is C15H22O. The fourth-order valence-electron chi connectivity index (χ4n) is 3.92. The summed E-state index contributed by atoms with van der Waals surface area (Å²) >= 11 is 0. The van der Waals surface area contributed by atoms with Crippen molar-refractivity contribution in [3.63, 3.8) is 0 Å². The number of fused-ring (bicyclic) bond motifs is 2. The Bertz CT molecular complexity index is 337. The topological polar surface area (TPSA) is 20.2 Å². The number of aliphatic hydroxyl groups is 1. The summed E-state index contributed by atoms with van der Waals surface area (Å²) < 4.78 is 0. The lowest BCUT2D eigenvalue weighted by Gasteiger charge is -2.38. The average Bonchev–Trinajstić information content (AvgIpc) is 2.38. The molecule has 0 radical (unpaired) electrons. The minimum absolute atomic E-state index is 0.352. The smallest absolute Gasteiger partial charge is 0.0499 e. The maximum Gasteiger partial charge on any atom is 0.0499 e. The van der Waals surface area contributed by atoms with E-state index in [1.54, 1.807) is 16.7 Å². The lowest BCUT2D eigenvalue weighted by molar-refractivity contribution is 0.201. The van der Waals surface area contributed by atoms with Crippen molar-refractivity contribution in [3.05, 3.63) is 22.8 Å². The zero-order valence-corrected chi connectivity index (χ0v) is 10.0. The standard InChI is InChI=1S/C15H22O/c16-10-12-9-11-5-1-2-6-13(11)15-8-4-3-7-14(12)15/h9,12,14,16H,1-8,10H2/t12-,14-/m1/s1. The SMILES string of the molecule is OC[C@H]1C=C2CCCCC2=C2CCCC[C@@H]21. The molecule has 0 bridgehead atoms. The summed E-state index contributed by atoms with van der Waals surface area (Å²) in [6, 6.07) is 0. The highest BCUT2D eigenvalue weighted by Crippen LogP contribution is 2.46. The number of aliphatic hydroxyl groups excluding tert-OH is 1. The number of hydrogen-bond acceptors (Lipinski definition) is 1. The molecule has 0 spiro atoms. The molecule has 2 fully saturated rings. The van der Waals surface area contributed by atoms with Crippen molar-refractivity contribution >= 4 is 0 Å². The van der Waals surface area contributed by atoms with Crippen LogP contribution in [0.3, 0.4) is 0 Å². The van der Waals surface area contributed by atoms with Gasteiger partial charge < -0.3 is 5.11 Å². The molecule has 1 nitrogen and oxygen atoms in total. The Morgan fingerprint density at radius 2 is 1.88 bits per heavy atom. The minimum atomic E-state index is 0.352. The number of rotatable bonds is 1. The molecule has 0 aromatic heterocycles. The predicted octanol–water partition coefficient (Wildman–Crippen LogP) is 3.60. The second-order valence-electron chi connectivity index (χ2n) is 5.60. The molecule has 0 amide bonds. The number of allylic oxidation sites excluding steroid dienone is 3. The molecule has 2 atom stereocenters. The first-order valence-corrected chi connectivity index (χ1v) is 6.94. The van der Waals surface area contributed by atoms with Gasteiger partial charge in [0.25, 0.3) is 0 Å². The summed E-state index contributed by atoms with van der Waals surface area (Å²) in [5.41, 5.74) is 5.04. The van der Waals surface area contributed by atoms with Gasteiger partial charge in [-0.05, 0) is 62.0 Å². The first kappa shape index (κ1) is 10.6. The van der Waals surface area contributed by atoms with E-state index >= 15 is 0 Å². The summed E-state index contributed by atoms with van der Waals surface area (Å²) in [7, 11) is 0. The van der Waals surface area contributed by atoms with Gasteiger partial charge in [-0.1, -0.05) is 18.1 Å². The van der Waals surface area contributed by atoms with Crippen LogP contribution in [0.1, 0.15) is 51.4 Å². The summed E-state index contributed by atoms with van der Waals surface area (Å²) in [6.45, 7) is 0.352. The third kappa shape index (κ3) is 1.66. The van der Waals surface area contributed by atoms with Crippen LogP contribution in [-0.4, -0.2) is 11.7 Å². The second kappa shape index (κ2) is 4.37. The Kier molecular flexibility index (Phi) is 2.89. The van der Waals surface area contributed by atoms with E-state index in [-0.39, 0.29) is 0 Å². The van der Waals surface area contributed by atoms with Crippen LogP contribution >= 0.6 is 0 Å². The van der Waals surface area contributed by atoms with Gasteiger partial charge in [0.1, 0.15) is 0 Å². The Morgan fingerprint density at radius 1 is 1.06 bits per heavy atom. The van der Waals surface area contributed by atoms with Crippen molar-refractivity contribution in [2.24, 2.45) is 11.8 Å². The normalized spacial score (nSPS) is 34.2. The molecule has 0 unspecified atom stereocenters. The molecule has 3 rings (SSSR count). The van der Waals surface area contributed by atoms with Gasteiger partial charge in [-0.3, -0.25) is 0 Å². The van der Waals surface area contributed by atoms with E-state index in [9.17, 15) is 5.11 Å². The summed E-state index contributed by atoms with van der Waals surface area (Å²) in [5, 5.41) is 9.55. The lowest BCUT2D eigenvalue weighted by Crippen LogP contribution is -2.27.